The van der Waals surface area contributed by atoms with E-state index in [0.717, 1.165) is 44.4 Å². The standard InChI is InChI=1S/C19H39N5O.HI/c1-7-20-17(25)19(5,6)14-22-18(21-8-2)23-16-9-11-24(12-10-16)13-15(3)4;/h15-16H,7-14H2,1-6H3,(H,20,25)(H2,21,22,23);1H. The monoisotopic (exact) mass is 481 g/mol. The molecule has 1 aliphatic rings. The predicted octanol–water partition coefficient (Wildman–Crippen LogP) is 2.44. The molecule has 26 heavy (non-hydrogen) atoms. The van der Waals surface area contributed by atoms with E-state index in [4.69, 9.17) is 0 Å². The third kappa shape index (κ3) is 9.39. The molecule has 154 valence electrons. The number of carbonyl (C=O) groups excluding carboxylic acids is 1. The van der Waals surface area contributed by atoms with Crippen molar-refractivity contribution >= 4 is 35.8 Å². The first-order valence-corrected chi connectivity index (χ1v) is 9.84. The molecule has 1 saturated heterocycles. The van der Waals surface area contributed by atoms with E-state index in [0.29, 0.717) is 19.1 Å². The van der Waals surface area contributed by atoms with Gasteiger partial charge in [-0.1, -0.05) is 13.8 Å². The number of guanidine groups is 1. The van der Waals surface area contributed by atoms with Gasteiger partial charge in [0, 0.05) is 38.8 Å². The van der Waals surface area contributed by atoms with Gasteiger partial charge in [-0.2, -0.15) is 0 Å². The second-order valence-corrected chi connectivity index (χ2v) is 8.05. The summed E-state index contributed by atoms with van der Waals surface area (Å²) in [5.74, 6) is 1.60. The molecule has 0 aliphatic carbocycles. The maximum absolute atomic E-state index is 12.1. The van der Waals surface area contributed by atoms with Gasteiger partial charge >= 0.3 is 0 Å². The van der Waals surface area contributed by atoms with Crippen LogP contribution in [-0.4, -0.2) is 62.1 Å². The van der Waals surface area contributed by atoms with Crippen LogP contribution in [-0.2, 0) is 4.79 Å². The number of nitrogens with one attached hydrogen (secondary N) is 3. The molecular formula is C19H40IN5O. The smallest absolute Gasteiger partial charge is 0.227 e. The van der Waals surface area contributed by atoms with Gasteiger partial charge in [-0.3, -0.25) is 9.79 Å². The molecule has 0 unspecified atom stereocenters. The maximum Gasteiger partial charge on any atom is 0.227 e. The van der Waals surface area contributed by atoms with Crippen molar-refractivity contribution < 1.29 is 4.79 Å². The Bertz CT molecular complexity index is 432. The Balaban J connectivity index is 0.00000625. The lowest BCUT2D eigenvalue weighted by molar-refractivity contribution is -0.128. The van der Waals surface area contributed by atoms with Crippen molar-refractivity contribution in [2.75, 3.05) is 39.3 Å². The highest BCUT2D eigenvalue weighted by atomic mass is 127. The van der Waals surface area contributed by atoms with Crippen molar-refractivity contribution in [3.8, 4) is 0 Å². The van der Waals surface area contributed by atoms with Crippen molar-refractivity contribution in [1.29, 1.82) is 0 Å². The van der Waals surface area contributed by atoms with Gasteiger partial charge in [0.2, 0.25) is 5.91 Å². The number of hydrogen-bond acceptors (Lipinski definition) is 3. The minimum atomic E-state index is -0.501. The average molecular weight is 481 g/mol. The number of aliphatic imine (C=N–C) groups is 1. The molecule has 0 aromatic rings. The molecule has 1 aliphatic heterocycles. The molecule has 3 N–H and O–H groups in total. The van der Waals surface area contributed by atoms with Crippen LogP contribution in [0.2, 0.25) is 0 Å². The summed E-state index contributed by atoms with van der Waals surface area (Å²) < 4.78 is 0. The summed E-state index contributed by atoms with van der Waals surface area (Å²) in [5, 5.41) is 9.75. The Morgan fingerprint density at radius 3 is 2.23 bits per heavy atom. The van der Waals surface area contributed by atoms with E-state index in [1.54, 1.807) is 0 Å². The number of halogens is 1. The molecule has 0 atom stereocenters. The molecule has 6 nitrogen and oxygen atoms in total. The SMILES string of the molecule is CCNC(=O)C(C)(C)CN=C(NCC)NC1CCN(CC(C)C)CC1.I. The summed E-state index contributed by atoms with van der Waals surface area (Å²) in [7, 11) is 0. The first kappa shape index (κ1) is 25.4. The summed E-state index contributed by atoms with van der Waals surface area (Å²) in [6.45, 7) is 17.8. The van der Waals surface area contributed by atoms with Gasteiger partial charge in [0.15, 0.2) is 5.96 Å². The van der Waals surface area contributed by atoms with Crippen molar-refractivity contribution in [2.24, 2.45) is 16.3 Å². The minimum Gasteiger partial charge on any atom is -0.357 e. The molecule has 0 aromatic heterocycles. The van der Waals surface area contributed by atoms with E-state index in [2.05, 4.69) is 46.6 Å². The zero-order valence-electron chi connectivity index (χ0n) is 17.5. The van der Waals surface area contributed by atoms with E-state index in [9.17, 15) is 4.79 Å². The number of amides is 1. The van der Waals surface area contributed by atoms with Crippen LogP contribution in [0.3, 0.4) is 0 Å². The molecule has 1 fully saturated rings. The fourth-order valence-corrected chi connectivity index (χ4v) is 3.04. The number of nitrogens with zero attached hydrogens (tertiary/aromatic N) is 2. The van der Waals surface area contributed by atoms with E-state index < -0.39 is 5.41 Å². The summed E-state index contributed by atoms with van der Waals surface area (Å²) in [6, 6.07) is 0.453. The van der Waals surface area contributed by atoms with Gasteiger partial charge in [0.05, 0.1) is 12.0 Å². The lowest BCUT2D eigenvalue weighted by Crippen LogP contribution is -2.49. The van der Waals surface area contributed by atoms with Crippen LogP contribution in [0, 0.1) is 11.3 Å². The topological polar surface area (TPSA) is 68.8 Å². The van der Waals surface area contributed by atoms with Crippen molar-refractivity contribution in [3.63, 3.8) is 0 Å². The Hall–Kier alpha value is -0.570. The van der Waals surface area contributed by atoms with Crippen molar-refractivity contribution in [1.82, 2.24) is 20.9 Å². The van der Waals surface area contributed by atoms with Crippen molar-refractivity contribution in [2.45, 2.75) is 60.4 Å². The number of likely N-dealkylation sites (tertiary alicyclic amines) is 1. The highest BCUT2D eigenvalue weighted by Gasteiger charge is 2.27. The molecule has 1 rings (SSSR count). The number of hydrogen-bond donors (Lipinski definition) is 3. The van der Waals surface area contributed by atoms with Gasteiger partial charge in [0.1, 0.15) is 0 Å². The molecule has 1 heterocycles. The highest BCUT2D eigenvalue weighted by Crippen LogP contribution is 2.16. The van der Waals surface area contributed by atoms with Crippen LogP contribution < -0.4 is 16.0 Å². The zero-order valence-corrected chi connectivity index (χ0v) is 19.9. The fourth-order valence-electron chi connectivity index (χ4n) is 3.04. The zero-order chi connectivity index (χ0) is 18.9. The van der Waals surface area contributed by atoms with Gasteiger partial charge < -0.3 is 20.9 Å². The highest BCUT2D eigenvalue weighted by molar-refractivity contribution is 14.0. The Labute approximate surface area is 177 Å². The quantitative estimate of drug-likeness (QED) is 0.283. The first-order valence-electron chi connectivity index (χ1n) is 9.84. The Morgan fingerprint density at radius 1 is 1.15 bits per heavy atom. The normalized spacial score (nSPS) is 17.0. The average Bonchev–Trinajstić information content (AvgIpc) is 2.54. The lowest BCUT2D eigenvalue weighted by Gasteiger charge is -2.34. The maximum atomic E-state index is 12.1. The fraction of sp³-hybridized carbons (Fsp3) is 0.895. The molecule has 0 aromatic carbocycles. The van der Waals surface area contributed by atoms with Crippen LogP contribution in [0.15, 0.2) is 4.99 Å². The molecule has 0 radical (unpaired) electrons. The van der Waals surface area contributed by atoms with Crippen molar-refractivity contribution in [3.05, 3.63) is 0 Å². The van der Waals surface area contributed by atoms with Gasteiger partial charge in [-0.25, -0.2) is 0 Å². The number of rotatable bonds is 8. The molecule has 1 amide bonds. The van der Waals surface area contributed by atoms with Gasteiger partial charge in [-0.15, -0.1) is 24.0 Å². The number of piperidine rings is 1. The van der Waals surface area contributed by atoms with Crippen LogP contribution in [0.4, 0.5) is 0 Å². The van der Waals surface area contributed by atoms with Gasteiger partial charge in [-0.05, 0) is 46.5 Å². The van der Waals surface area contributed by atoms with E-state index >= 15 is 0 Å². The third-order valence-corrected chi connectivity index (χ3v) is 4.48. The second kappa shape index (κ2) is 12.8. The Morgan fingerprint density at radius 2 is 1.73 bits per heavy atom. The summed E-state index contributed by atoms with van der Waals surface area (Å²) in [6.07, 6.45) is 2.27. The molecule has 0 bridgehead atoms. The molecule has 7 heteroatoms. The Kier molecular flexibility index (Phi) is 12.5. The summed E-state index contributed by atoms with van der Waals surface area (Å²) in [4.78, 5) is 19.3. The predicted molar refractivity (Wildman–Crippen MR) is 121 cm³/mol. The van der Waals surface area contributed by atoms with E-state index in [-0.39, 0.29) is 29.9 Å². The summed E-state index contributed by atoms with van der Waals surface area (Å²) >= 11 is 0. The van der Waals surface area contributed by atoms with E-state index in [1.165, 1.54) is 6.54 Å². The number of carbonyl (C=O) groups is 1. The molecule has 0 saturated carbocycles. The third-order valence-electron chi connectivity index (χ3n) is 4.48. The van der Waals surface area contributed by atoms with E-state index in [1.807, 2.05) is 20.8 Å². The van der Waals surface area contributed by atoms with Crippen LogP contribution in [0.1, 0.15) is 54.4 Å². The summed E-state index contributed by atoms with van der Waals surface area (Å²) in [5.41, 5.74) is -0.501. The van der Waals surface area contributed by atoms with Gasteiger partial charge in [0.25, 0.3) is 0 Å². The molecular weight excluding hydrogens is 441 g/mol. The van der Waals surface area contributed by atoms with Crippen LogP contribution >= 0.6 is 24.0 Å². The largest absolute Gasteiger partial charge is 0.357 e. The molecule has 0 spiro atoms. The van der Waals surface area contributed by atoms with Crippen LogP contribution in [0.25, 0.3) is 0 Å². The van der Waals surface area contributed by atoms with Crippen LogP contribution in [0.5, 0.6) is 0 Å². The first-order chi connectivity index (χ1) is 11.8. The second-order valence-electron chi connectivity index (χ2n) is 8.05. The minimum absolute atomic E-state index is 0. The lowest BCUT2D eigenvalue weighted by atomic mass is 9.92.